The largest absolute Gasteiger partial charge is 0.508 e. The predicted molar refractivity (Wildman–Crippen MR) is 139 cm³/mol. The number of hydrogen-bond acceptors (Lipinski definition) is 8. The molecule has 0 spiro atoms. The smallest absolute Gasteiger partial charge is 0.410 e. The van der Waals surface area contributed by atoms with Crippen molar-refractivity contribution in [3.05, 3.63) is 46.6 Å². The number of phenolic OH excluding ortho intramolecular Hbond substituents is 1. The Labute approximate surface area is 214 Å². The number of aromatic hydroxyl groups is 1. The van der Waals surface area contributed by atoms with Crippen LogP contribution in [-0.2, 0) is 4.74 Å². The molecule has 1 saturated heterocycles. The number of amides is 2. The molecule has 0 bridgehead atoms. The van der Waals surface area contributed by atoms with E-state index in [9.17, 15) is 14.7 Å². The highest BCUT2D eigenvalue weighted by molar-refractivity contribution is 7.17. The molecule has 3 N–H and O–H groups in total. The van der Waals surface area contributed by atoms with Crippen molar-refractivity contribution in [2.75, 3.05) is 23.7 Å². The normalized spacial score (nSPS) is 16.0. The Morgan fingerprint density at radius 3 is 2.75 bits per heavy atom. The van der Waals surface area contributed by atoms with Crippen molar-refractivity contribution < 1.29 is 19.4 Å². The second-order valence-corrected chi connectivity index (χ2v) is 10.9. The highest BCUT2D eigenvalue weighted by Crippen LogP contribution is 2.30. The van der Waals surface area contributed by atoms with Gasteiger partial charge in [-0.05, 0) is 59.1 Å². The second kappa shape index (κ2) is 10.2. The third-order valence-corrected chi connectivity index (χ3v) is 6.79. The molecule has 192 valence electrons. The molecule has 11 heteroatoms. The minimum atomic E-state index is -0.531. The molecule has 0 radical (unpaired) electrons. The Morgan fingerprint density at radius 1 is 1.22 bits per heavy atom. The van der Waals surface area contributed by atoms with Crippen LogP contribution in [0.3, 0.4) is 0 Å². The number of thiazole rings is 1. The summed E-state index contributed by atoms with van der Waals surface area (Å²) >= 11 is 1.21. The molecule has 1 atom stereocenters. The Bertz CT molecular complexity index is 1260. The summed E-state index contributed by atoms with van der Waals surface area (Å²) in [5, 5.41) is 21.1. The van der Waals surface area contributed by atoms with E-state index in [-0.39, 0.29) is 23.8 Å². The van der Waals surface area contributed by atoms with Gasteiger partial charge in [-0.3, -0.25) is 9.48 Å². The molecule has 3 aromatic rings. The number of carbonyl (C=O) groups is 2. The fraction of sp³-hybridized carbons (Fsp3) is 0.440. The number of rotatable bonds is 5. The van der Waals surface area contributed by atoms with Crippen LogP contribution >= 0.6 is 11.3 Å². The SMILES string of the molecule is Cc1ccc(O)c(C)c1NC(=O)c1cnc(Nc2ccn([C@H]3CCCN(C(=O)OC(C)(C)C)C3)n2)s1. The van der Waals surface area contributed by atoms with E-state index in [0.29, 0.717) is 40.2 Å². The minimum Gasteiger partial charge on any atom is -0.508 e. The first-order valence-corrected chi connectivity index (χ1v) is 12.7. The van der Waals surface area contributed by atoms with Crippen molar-refractivity contribution in [1.29, 1.82) is 0 Å². The van der Waals surface area contributed by atoms with Gasteiger partial charge >= 0.3 is 6.09 Å². The van der Waals surface area contributed by atoms with Crippen molar-refractivity contribution in [1.82, 2.24) is 19.7 Å². The first-order chi connectivity index (χ1) is 17.0. The van der Waals surface area contributed by atoms with Crippen molar-refractivity contribution >= 4 is 40.0 Å². The van der Waals surface area contributed by atoms with Gasteiger partial charge in [0.15, 0.2) is 10.9 Å². The van der Waals surface area contributed by atoms with E-state index in [1.165, 1.54) is 17.5 Å². The average Bonchev–Trinajstić information content (AvgIpc) is 3.48. The Morgan fingerprint density at radius 2 is 2.00 bits per heavy atom. The Balaban J connectivity index is 1.38. The summed E-state index contributed by atoms with van der Waals surface area (Å²) in [6, 6.07) is 5.25. The number of nitrogens with zero attached hydrogens (tertiary/aromatic N) is 4. The van der Waals surface area contributed by atoms with E-state index in [2.05, 4.69) is 20.7 Å². The van der Waals surface area contributed by atoms with Gasteiger partial charge in [-0.1, -0.05) is 17.4 Å². The van der Waals surface area contributed by atoms with Crippen LogP contribution in [0.4, 0.5) is 21.4 Å². The maximum Gasteiger partial charge on any atom is 0.410 e. The van der Waals surface area contributed by atoms with Gasteiger partial charge in [0.2, 0.25) is 0 Å². The van der Waals surface area contributed by atoms with Crippen molar-refractivity contribution in [2.24, 2.45) is 0 Å². The third-order valence-electron chi connectivity index (χ3n) is 5.88. The van der Waals surface area contributed by atoms with Crippen molar-refractivity contribution in [2.45, 2.75) is 59.1 Å². The van der Waals surface area contributed by atoms with E-state index >= 15 is 0 Å². The molecule has 1 aliphatic heterocycles. The summed E-state index contributed by atoms with van der Waals surface area (Å²) in [6.45, 7) is 10.4. The molecule has 0 saturated carbocycles. The fourth-order valence-corrected chi connectivity index (χ4v) is 4.74. The molecule has 2 aromatic heterocycles. The van der Waals surface area contributed by atoms with E-state index in [1.807, 2.05) is 44.6 Å². The molecule has 10 nitrogen and oxygen atoms in total. The van der Waals surface area contributed by atoms with Crippen LogP contribution in [0.25, 0.3) is 0 Å². The Hall–Kier alpha value is -3.60. The number of ether oxygens (including phenoxy) is 1. The number of phenols is 1. The molecule has 36 heavy (non-hydrogen) atoms. The van der Waals surface area contributed by atoms with Gasteiger partial charge in [-0.15, -0.1) is 0 Å². The number of anilines is 3. The summed E-state index contributed by atoms with van der Waals surface area (Å²) in [6.07, 6.45) is 4.86. The summed E-state index contributed by atoms with van der Waals surface area (Å²) in [5.74, 6) is 0.433. The van der Waals surface area contributed by atoms with Crippen LogP contribution in [0.5, 0.6) is 5.75 Å². The summed E-state index contributed by atoms with van der Waals surface area (Å²) in [4.78, 5) is 31.7. The number of piperidine rings is 1. The van der Waals surface area contributed by atoms with E-state index in [0.717, 1.165) is 18.4 Å². The van der Waals surface area contributed by atoms with Crippen LogP contribution in [0.2, 0.25) is 0 Å². The lowest BCUT2D eigenvalue weighted by Gasteiger charge is -2.34. The zero-order valence-corrected chi connectivity index (χ0v) is 22.0. The number of nitrogens with one attached hydrogen (secondary N) is 2. The lowest BCUT2D eigenvalue weighted by Crippen LogP contribution is -2.43. The van der Waals surface area contributed by atoms with Crippen LogP contribution in [0, 0.1) is 13.8 Å². The third kappa shape index (κ3) is 5.96. The molecule has 3 heterocycles. The van der Waals surface area contributed by atoms with Gasteiger partial charge in [0.25, 0.3) is 5.91 Å². The molecule has 1 fully saturated rings. The average molecular weight is 513 g/mol. The monoisotopic (exact) mass is 512 g/mol. The highest BCUT2D eigenvalue weighted by Gasteiger charge is 2.29. The molecule has 0 unspecified atom stereocenters. The van der Waals surface area contributed by atoms with Gasteiger partial charge in [0, 0.05) is 30.9 Å². The zero-order chi connectivity index (χ0) is 26.0. The maximum absolute atomic E-state index is 12.8. The number of benzene rings is 1. The Kier molecular flexibility index (Phi) is 7.21. The minimum absolute atomic E-state index is 0.0493. The number of aryl methyl sites for hydroxylation is 1. The van der Waals surface area contributed by atoms with Gasteiger partial charge in [0.1, 0.15) is 16.2 Å². The van der Waals surface area contributed by atoms with Crippen molar-refractivity contribution in [3.8, 4) is 5.75 Å². The number of carbonyl (C=O) groups excluding carboxylic acids is 2. The summed E-state index contributed by atoms with van der Waals surface area (Å²) in [5.41, 5.74) is 1.54. The van der Waals surface area contributed by atoms with Crippen LogP contribution in [-0.4, -0.2) is 55.5 Å². The fourth-order valence-electron chi connectivity index (χ4n) is 4.02. The van der Waals surface area contributed by atoms with Gasteiger partial charge in [0.05, 0.1) is 17.9 Å². The molecule has 2 amide bonds. The van der Waals surface area contributed by atoms with Crippen LogP contribution in [0.15, 0.2) is 30.6 Å². The molecule has 4 rings (SSSR count). The van der Waals surface area contributed by atoms with Gasteiger partial charge < -0.3 is 25.4 Å². The molecule has 0 aliphatic carbocycles. The topological polar surface area (TPSA) is 122 Å². The van der Waals surface area contributed by atoms with E-state index in [4.69, 9.17) is 4.74 Å². The molecule has 1 aromatic carbocycles. The number of hydrogen-bond donors (Lipinski definition) is 3. The zero-order valence-electron chi connectivity index (χ0n) is 21.2. The van der Waals surface area contributed by atoms with Gasteiger partial charge in [-0.25, -0.2) is 9.78 Å². The number of aromatic nitrogens is 3. The standard InChI is InChI=1S/C25H32N6O4S/c1-15-8-9-18(32)16(2)21(15)28-22(33)19-13-26-23(36-19)27-20-10-12-31(29-20)17-7-6-11-30(14-17)24(34)35-25(3,4)5/h8-10,12-13,17,32H,6-7,11,14H2,1-5H3,(H,28,33)(H,26,27,29)/t17-/m0/s1. The second-order valence-electron chi connectivity index (χ2n) is 9.91. The summed E-state index contributed by atoms with van der Waals surface area (Å²) < 4.78 is 7.37. The molecular formula is C25H32N6O4S. The predicted octanol–water partition coefficient (Wildman–Crippen LogP) is 5.23. The quantitative estimate of drug-likeness (QED) is 0.428. The number of likely N-dealkylation sites (tertiary alicyclic amines) is 1. The van der Waals surface area contributed by atoms with Crippen LogP contribution in [0.1, 0.15) is 60.5 Å². The van der Waals surface area contributed by atoms with Gasteiger partial charge in [-0.2, -0.15) is 5.10 Å². The lowest BCUT2D eigenvalue weighted by molar-refractivity contribution is 0.0167. The van der Waals surface area contributed by atoms with Crippen molar-refractivity contribution in [3.63, 3.8) is 0 Å². The maximum atomic E-state index is 12.8. The van der Waals surface area contributed by atoms with E-state index < -0.39 is 5.60 Å². The first kappa shape index (κ1) is 25.5. The van der Waals surface area contributed by atoms with Crippen LogP contribution < -0.4 is 10.6 Å². The highest BCUT2D eigenvalue weighted by atomic mass is 32.1. The first-order valence-electron chi connectivity index (χ1n) is 11.9. The summed E-state index contributed by atoms with van der Waals surface area (Å²) in [7, 11) is 0. The molecule has 1 aliphatic rings. The molecular weight excluding hydrogens is 480 g/mol. The lowest BCUT2D eigenvalue weighted by atomic mass is 10.1. The van der Waals surface area contributed by atoms with E-state index in [1.54, 1.807) is 24.0 Å².